The molecule has 1 aromatic heterocycles. The third kappa shape index (κ3) is 1.85. The summed E-state index contributed by atoms with van der Waals surface area (Å²) in [6, 6.07) is 9.47. The molecule has 5 heteroatoms. The maximum Gasteiger partial charge on any atom is 0.226 e. The molecule has 0 aliphatic rings. The fraction of sp³-hybridized carbons (Fsp3) is 0. The summed E-state index contributed by atoms with van der Waals surface area (Å²) in [5, 5.41) is 0.0599. The first kappa shape index (κ1) is 9.73. The van der Waals surface area contributed by atoms with Gasteiger partial charge in [-0.1, -0.05) is 30.3 Å². The Bertz CT molecular complexity index is 461. The summed E-state index contributed by atoms with van der Waals surface area (Å²) in [7, 11) is 0. The van der Waals surface area contributed by atoms with Gasteiger partial charge < -0.3 is 11.5 Å². The number of benzene rings is 1. The first-order chi connectivity index (χ1) is 7.18. The van der Waals surface area contributed by atoms with Gasteiger partial charge in [0.1, 0.15) is 11.6 Å². The molecule has 2 rings (SSSR count). The Morgan fingerprint density at radius 1 is 0.933 bits per heavy atom. The maximum atomic E-state index is 5.74. The molecule has 2 aromatic rings. The number of nitrogen functional groups attached to an aromatic ring is 2. The summed E-state index contributed by atoms with van der Waals surface area (Å²) in [5.41, 5.74) is 13.0. The lowest BCUT2D eigenvalue weighted by atomic mass is 10.1. The average Bonchev–Trinajstić information content (AvgIpc) is 2.17. The lowest BCUT2D eigenvalue weighted by molar-refractivity contribution is 1.19. The van der Waals surface area contributed by atoms with E-state index >= 15 is 0 Å². The predicted octanol–water partition coefficient (Wildman–Crippen LogP) is 1.96. The molecule has 0 unspecified atom stereocenters. The molecule has 0 amide bonds. The van der Waals surface area contributed by atoms with Crippen LogP contribution in [0.2, 0.25) is 5.28 Å². The smallest absolute Gasteiger partial charge is 0.226 e. The molecule has 0 aliphatic carbocycles. The summed E-state index contributed by atoms with van der Waals surface area (Å²) in [6.07, 6.45) is 0. The van der Waals surface area contributed by atoms with E-state index in [2.05, 4.69) is 9.97 Å². The van der Waals surface area contributed by atoms with Crippen molar-refractivity contribution in [3.05, 3.63) is 35.6 Å². The molecule has 0 radical (unpaired) electrons. The first-order valence-corrected chi connectivity index (χ1v) is 4.70. The zero-order chi connectivity index (χ0) is 10.8. The van der Waals surface area contributed by atoms with E-state index in [-0.39, 0.29) is 5.28 Å². The van der Waals surface area contributed by atoms with E-state index in [9.17, 15) is 0 Å². The summed E-state index contributed by atoms with van der Waals surface area (Å²) < 4.78 is 0. The molecule has 76 valence electrons. The van der Waals surface area contributed by atoms with Crippen LogP contribution in [0.5, 0.6) is 0 Å². The number of hydrogen-bond acceptors (Lipinski definition) is 4. The molecular formula is C10H9ClN4. The van der Waals surface area contributed by atoms with Gasteiger partial charge in [0.15, 0.2) is 0 Å². The molecule has 4 nitrogen and oxygen atoms in total. The molecule has 15 heavy (non-hydrogen) atoms. The van der Waals surface area contributed by atoms with Crippen LogP contribution >= 0.6 is 11.6 Å². The van der Waals surface area contributed by atoms with Crippen molar-refractivity contribution in [2.75, 3.05) is 11.5 Å². The van der Waals surface area contributed by atoms with Crippen molar-refractivity contribution in [2.24, 2.45) is 0 Å². The summed E-state index contributed by atoms with van der Waals surface area (Å²) in [4.78, 5) is 7.73. The SMILES string of the molecule is Nc1nc(Cl)nc(N)c1-c1ccccc1. The van der Waals surface area contributed by atoms with Gasteiger partial charge in [0.25, 0.3) is 0 Å². The van der Waals surface area contributed by atoms with E-state index in [1.54, 1.807) is 0 Å². The van der Waals surface area contributed by atoms with E-state index in [0.29, 0.717) is 17.2 Å². The van der Waals surface area contributed by atoms with Crippen LogP contribution in [0, 0.1) is 0 Å². The molecule has 1 heterocycles. The molecule has 0 saturated carbocycles. The quantitative estimate of drug-likeness (QED) is 0.721. The minimum Gasteiger partial charge on any atom is -0.383 e. The highest BCUT2D eigenvalue weighted by Gasteiger charge is 2.10. The number of hydrogen-bond donors (Lipinski definition) is 2. The minimum atomic E-state index is 0.0599. The number of nitrogens with zero attached hydrogens (tertiary/aromatic N) is 2. The van der Waals surface area contributed by atoms with Crippen LogP contribution in [0.3, 0.4) is 0 Å². The largest absolute Gasteiger partial charge is 0.383 e. The molecule has 1 aromatic carbocycles. The predicted molar refractivity (Wildman–Crippen MR) is 61.3 cm³/mol. The van der Waals surface area contributed by atoms with Gasteiger partial charge in [-0.3, -0.25) is 0 Å². The second kappa shape index (κ2) is 3.74. The zero-order valence-electron chi connectivity index (χ0n) is 7.81. The number of rotatable bonds is 1. The first-order valence-electron chi connectivity index (χ1n) is 4.32. The van der Waals surface area contributed by atoms with Crippen molar-refractivity contribution in [1.82, 2.24) is 9.97 Å². The molecular weight excluding hydrogens is 212 g/mol. The van der Waals surface area contributed by atoms with Crippen molar-refractivity contribution in [3.8, 4) is 11.1 Å². The topological polar surface area (TPSA) is 77.8 Å². The molecule has 0 aliphatic heterocycles. The highest BCUT2D eigenvalue weighted by atomic mass is 35.5. The van der Waals surface area contributed by atoms with Gasteiger partial charge in [-0.2, -0.15) is 0 Å². The second-order valence-corrected chi connectivity index (χ2v) is 3.34. The molecule has 0 saturated heterocycles. The molecule has 4 N–H and O–H groups in total. The highest BCUT2D eigenvalue weighted by Crippen LogP contribution is 2.29. The fourth-order valence-electron chi connectivity index (χ4n) is 1.37. The van der Waals surface area contributed by atoms with Gasteiger partial charge in [0.05, 0.1) is 5.56 Å². The monoisotopic (exact) mass is 220 g/mol. The number of aromatic nitrogens is 2. The fourth-order valence-corrected chi connectivity index (χ4v) is 1.55. The second-order valence-electron chi connectivity index (χ2n) is 3.00. The molecule has 0 bridgehead atoms. The third-order valence-corrected chi connectivity index (χ3v) is 2.17. The lowest BCUT2D eigenvalue weighted by Crippen LogP contribution is -2.02. The molecule has 0 atom stereocenters. The average molecular weight is 221 g/mol. The molecule has 0 fully saturated rings. The van der Waals surface area contributed by atoms with Crippen molar-refractivity contribution in [1.29, 1.82) is 0 Å². The molecule has 0 spiro atoms. The van der Waals surface area contributed by atoms with E-state index < -0.39 is 0 Å². The Labute approximate surface area is 91.9 Å². The Morgan fingerprint density at radius 2 is 1.47 bits per heavy atom. The van der Waals surface area contributed by atoms with Crippen LogP contribution in [0.15, 0.2) is 30.3 Å². The van der Waals surface area contributed by atoms with Crippen molar-refractivity contribution in [3.63, 3.8) is 0 Å². The van der Waals surface area contributed by atoms with Gasteiger partial charge in [0, 0.05) is 0 Å². The highest BCUT2D eigenvalue weighted by molar-refractivity contribution is 6.28. The van der Waals surface area contributed by atoms with E-state index in [4.69, 9.17) is 23.1 Å². The van der Waals surface area contributed by atoms with Crippen LogP contribution in [-0.4, -0.2) is 9.97 Å². The van der Waals surface area contributed by atoms with E-state index in [0.717, 1.165) is 5.56 Å². The van der Waals surface area contributed by atoms with Gasteiger partial charge in [-0.05, 0) is 17.2 Å². The Kier molecular flexibility index (Phi) is 2.43. The summed E-state index contributed by atoms with van der Waals surface area (Å²) in [6.45, 7) is 0. The van der Waals surface area contributed by atoms with Crippen molar-refractivity contribution >= 4 is 23.2 Å². The van der Waals surface area contributed by atoms with Gasteiger partial charge in [0.2, 0.25) is 5.28 Å². The maximum absolute atomic E-state index is 5.74. The Morgan fingerprint density at radius 3 is 2.00 bits per heavy atom. The summed E-state index contributed by atoms with van der Waals surface area (Å²) in [5.74, 6) is 0.581. The van der Waals surface area contributed by atoms with Crippen LogP contribution < -0.4 is 11.5 Å². The summed E-state index contributed by atoms with van der Waals surface area (Å²) >= 11 is 5.63. The van der Waals surface area contributed by atoms with E-state index in [1.807, 2.05) is 30.3 Å². The van der Waals surface area contributed by atoms with Crippen molar-refractivity contribution in [2.45, 2.75) is 0 Å². The van der Waals surface area contributed by atoms with Crippen LogP contribution in [0.25, 0.3) is 11.1 Å². The minimum absolute atomic E-state index is 0.0599. The number of nitrogens with two attached hydrogens (primary N) is 2. The van der Waals surface area contributed by atoms with Crippen LogP contribution in [0.1, 0.15) is 0 Å². The normalized spacial score (nSPS) is 10.2. The zero-order valence-corrected chi connectivity index (χ0v) is 8.57. The van der Waals surface area contributed by atoms with E-state index in [1.165, 1.54) is 0 Å². The van der Waals surface area contributed by atoms with Crippen LogP contribution in [0.4, 0.5) is 11.6 Å². The van der Waals surface area contributed by atoms with Crippen LogP contribution in [-0.2, 0) is 0 Å². The van der Waals surface area contributed by atoms with Gasteiger partial charge >= 0.3 is 0 Å². The lowest BCUT2D eigenvalue weighted by Gasteiger charge is -2.07. The van der Waals surface area contributed by atoms with Gasteiger partial charge in [-0.25, -0.2) is 9.97 Å². The number of anilines is 2. The Balaban J connectivity index is 2.64. The van der Waals surface area contributed by atoms with Gasteiger partial charge in [-0.15, -0.1) is 0 Å². The third-order valence-electron chi connectivity index (χ3n) is 2.00. The standard InChI is InChI=1S/C10H9ClN4/c11-10-14-8(12)7(9(13)15-10)6-4-2-1-3-5-6/h1-5H,(H4,12,13,14,15). The van der Waals surface area contributed by atoms with Crippen molar-refractivity contribution < 1.29 is 0 Å². The Hall–Kier alpha value is -1.81. The number of halogens is 1.